The zero-order valence-corrected chi connectivity index (χ0v) is 35.8. The number of aliphatic hydroxyl groups excluding tert-OH is 2. The van der Waals surface area contributed by atoms with Crippen molar-refractivity contribution in [3.63, 3.8) is 0 Å². The Kier molecular flexibility index (Phi) is 47.4. The molecule has 8 heteroatoms. The SMILES string of the molecule is CCCCCCCCC(CCCCCCCC)OC(=O)OCCCCCCN(CCO)CCCO.CCCCCCCCCOC(=O)CCCCCC. The summed E-state index contributed by atoms with van der Waals surface area (Å²) in [5.41, 5.74) is 0. The van der Waals surface area contributed by atoms with E-state index in [1.54, 1.807) is 0 Å². The summed E-state index contributed by atoms with van der Waals surface area (Å²) in [5, 5.41) is 18.1. The second kappa shape index (κ2) is 46.8. The standard InChI is InChI=1S/C29H59NO5.C16H32O2/c1-3-5-7-9-11-15-20-28(21-16-12-10-8-6-4-2)35-29(33)34-27-18-14-13-17-22-30(24-26-32)23-19-25-31;1-3-5-7-9-10-11-13-15-18-16(17)14-12-8-6-4-2/h28,31-32H,3-27H2,1-2H3;3-15H2,1-2H3. The second-order valence-corrected chi connectivity index (χ2v) is 15.2. The molecule has 0 bridgehead atoms. The van der Waals surface area contributed by atoms with E-state index in [9.17, 15) is 9.59 Å². The van der Waals surface area contributed by atoms with Crippen LogP contribution >= 0.6 is 0 Å². The highest BCUT2D eigenvalue weighted by molar-refractivity contribution is 5.69. The minimum absolute atomic E-state index is 0.00270. The molecule has 0 aromatic carbocycles. The highest BCUT2D eigenvalue weighted by Crippen LogP contribution is 2.18. The van der Waals surface area contributed by atoms with Crippen LogP contribution in [0, 0.1) is 0 Å². The van der Waals surface area contributed by atoms with Crippen molar-refractivity contribution in [1.82, 2.24) is 4.90 Å². The van der Waals surface area contributed by atoms with Gasteiger partial charge < -0.3 is 29.3 Å². The van der Waals surface area contributed by atoms with Gasteiger partial charge in [0.25, 0.3) is 0 Å². The smallest absolute Gasteiger partial charge is 0.466 e. The number of hydrogen-bond donors (Lipinski definition) is 2. The molecule has 0 aromatic heterocycles. The predicted molar refractivity (Wildman–Crippen MR) is 224 cm³/mol. The van der Waals surface area contributed by atoms with Gasteiger partial charge in [0, 0.05) is 26.1 Å². The van der Waals surface area contributed by atoms with E-state index in [-0.39, 0.29) is 25.3 Å². The summed E-state index contributed by atoms with van der Waals surface area (Å²) in [6.45, 7) is 12.7. The molecular weight excluding hydrogens is 666 g/mol. The molecule has 0 saturated carbocycles. The van der Waals surface area contributed by atoms with E-state index >= 15 is 0 Å². The van der Waals surface area contributed by atoms with E-state index in [1.807, 2.05) is 0 Å². The summed E-state index contributed by atoms with van der Waals surface area (Å²) in [6, 6.07) is 0. The molecule has 0 aliphatic carbocycles. The molecule has 2 N–H and O–H groups in total. The molecular formula is C45H91NO7. The van der Waals surface area contributed by atoms with Gasteiger partial charge in [-0.25, -0.2) is 4.79 Å². The first kappa shape index (κ1) is 53.7. The fourth-order valence-electron chi connectivity index (χ4n) is 6.47. The zero-order chi connectivity index (χ0) is 39.3. The Bertz CT molecular complexity index is 707. The largest absolute Gasteiger partial charge is 0.508 e. The molecule has 0 amide bonds. The molecule has 0 aliphatic heterocycles. The van der Waals surface area contributed by atoms with Crippen LogP contribution < -0.4 is 0 Å². The first-order valence-corrected chi connectivity index (χ1v) is 22.9. The molecule has 8 nitrogen and oxygen atoms in total. The summed E-state index contributed by atoms with van der Waals surface area (Å²) in [4.78, 5) is 25.8. The van der Waals surface area contributed by atoms with Gasteiger partial charge in [0.1, 0.15) is 6.10 Å². The highest BCUT2D eigenvalue weighted by Gasteiger charge is 2.15. The molecule has 0 rings (SSSR count). The van der Waals surface area contributed by atoms with Crippen LogP contribution in [0.2, 0.25) is 0 Å². The van der Waals surface area contributed by atoms with E-state index in [1.165, 1.54) is 116 Å². The average Bonchev–Trinajstić information content (AvgIpc) is 3.15. The highest BCUT2D eigenvalue weighted by atomic mass is 16.7. The molecule has 0 atom stereocenters. The second-order valence-electron chi connectivity index (χ2n) is 15.2. The topological polar surface area (TPSA) is 106 Å². The van der Waals surface area contributed by atoms with Gasteiger partial charge in [-0.05, 0) is 64.3 Å². The number of rotatable bonds is 40. The van der Waals surface area contributed by atoms with Crippen LogP contribution in [0.5, 0.6) is 0 Å². The molecule has 53 heavy (non-hydrogen) atoms. The van der Waals surface area contributed by atoms with E-state index in [0.717, 1.165) is 90.1 Å². The van der Waals surface area contributed by atoms with Crippen LogP contribution in [-0.2, 0) is 19.0 Å². The van der Waals surface area contributed by atoms with Gasteiger partial charge in [0.15, 0.2) is 0 Å². The third kappa shape index (κ3) is 44.9. The third-order valence-electron chi connectivity index (χ3n) is 9.90. The predicted octanol–water partition coefficient (Wildman–Crippen LogP) is 12.5. The van der Waals surface area contributed by atoms with Gasteiger partial charge >= 0.3 is 12.1 Å². The Labute approximate surface area is 329 Å². The van der Waals surface area contributed by atoms with Gasteiger partial charge in [-0.2, -0.15) is 0 Å². The monoisotopic (exact) mass is 758 g/mol. The summed E-state index contributed by atoms with van der Waals surface area (Å²) in [6.07, 6.45) is 35.2. The van der Waals surface area contributed by atoms with Crippen LogP contribution in [0.25, 0.3) is 0 Å². The van der Waals surface area contributed by atoms with Crippen LogP contribution in [0.15, 0.2) is 0 Å². The van der Waals surface area contributed by atoms with Crippen LogP contribution in [0.4, 0.5) is 4.79 Å². The number of hydrogen-bond acceptors (Lipinski definition) is 8. The maximum atomic E-state index is 12.3. The summed E-state index contributed by atoms with van der Waals surface area (Å²) in [5.74, 6) is -0.00270. The first-order valence-electron chi connectivity index (χ1n) is 22.9. The molecule has 0 heterocycles. The fraction of sp³-hybridized carbons (Fsp3) is 0.956. The molecule has 0 aliphatic rings. The molecule has 0 spiro atoms. The Morgan fingerprint density at radius 3 is 1.36 bits per heavy atom. The van der Waals surface area contributed by atoms with Crippen LogP contribution in [0.3, 0.4) is 0 Å². The Hall–Kier alpha value is -1.38. The van der Waals surface area contributed by atoms with Crippen molar-refractivity contribution in [2.24, 2.45) is 0 Å². The van der Waals surface area contributed by atoms with E-state index < -0.39 is 6.16 Å². The van der Waals surface area contributed by atoms with Gasteiger partial charge in [-0.15, -0.1) is 0 Å². The maximum absolute atomic E-state index is 12.3. The fourth-order valence-corrected chi connectivity index (χ4v) is 6.47. The number of carbonyl (C=O) groups excluding carboxylic acids is 2. The number of aliphatic hydroxyl groups is 2. The number of nitrogens with zero attached hydrogens (tertiary/aromatic N) is 1. The van der Waals surface area contributed by atoms with Crippen molar-refractivity contribution in [1.29, 1.82) is 0 Å². The molecule has 0 aromatic rings. The van der Waals surface area contributed by atoms with Crippen molar-refractivity contribution in [2.45, 2.75) is 233 Å². The lowest BCUT2D eigenvalue weighted by molar-refractivity contribution is -0.143. The lowest BCUT2D eigenvalue weighted by atomic mass is 10.0. The number of carbonyl (C=O) groups is 2. The number of esters is 1. The van der Waals surface area contributed by atoms with Gasteiger partial charge in [0.05, 0.1) is 19.8 Å². The summed E-state index contributed by atoms with van der Waals surface area (Å²) >= 11 is 0. The van der Waals surface area contributed by atoms with Crippen molar-refractivity contribution in [3.05, 3.63) is 0 Å². The lowest BCUT2D eigenvalue weighted by Crippen LogP contribution is -2.29. The molecule has 0 saturated heterocycles. The van der Waals surface area contributed by atoms with E-state index in [0.29, 0.717) is 26.2 Å². The van der Waals surface area contributed by atoms with Crippen molar-refractivity contribution in [2.75, 3.05) is 46.1 Å². The summed E-state index contributed by atoms with van der Waals surface area (Å²) in [7, 11) is 0. The maximum Gasteiger partial charge on any atom is 0.508 e. The van der Waals surface area contributed by atoms with Crippen molar-refractivity contribution in [3.8, 4) is 0 Å². The Morgan fingerprint density at radius 1 is 0.453 bits per heavy atom. The molecule has 0 unspecified atom stereocenters. The minimum Gasteiger partial charge on any atom is -0.466 e. The zero-order valence-electron chi connectivity index (χ0n) is 35.8. The Balaban J connectivity index is 0. The minimum atomic E-state index is -0.495. The van der Waals surface area contributed by atoms with Gasteiger partial charge in [0.2, 0.25) is 0 Å². The summed E-state index contributed by atoms with van der Waals surface area (Å²) < 4.78 is 16.3. The van der Waals surface area contributed by atoms with Crippen molar-refractivity contribution < 1.29 is 34.0 Å². The average molecular weight is 758 g/mol. The number of unbranched alkanes of at least 4 members (excludes halogenated alkanes) is 22. The lowest BCUT2D eigenvalue weighted by Gasteiger charge is -2.20. The van der Waals surface area contributed by atoms with Crippen LogP contribution in [-0.4, -0.2) is 79.4 Å². The quantitative estimate of drug-likeness (QED) is 0.0470. The normalized spacial score (nSPS) is 11.2. The molecule has 0 radical (unpaired) electrons. The number of ether oxygens (including phenoxy) is 3. The Morgan fingerprint density at radius 2 is 0.868 bits per heavy atom. The first-order chi connectivity index (χ1) is 26.0. The van der Waals surface area contributed by atoms with E-state index in [4.69, 9.17) is 24.4 Å². The van der Waals surface area contributed by atoms with Crippen molar-refractivity contribution >= 4 is 12.1 Å². The third-order valence-corrected chi connectivity index (χ3v) is 9.90. The van der Waals surface area contributed by atoms with Gasteiger partial charge in [-0.3, -0.25) is 4.79 Å². The van der Waals surface area contributed by atoms with E-state index in [2.05, 4.69) is 32.6 Å². The van der Waals surface area contributed by atoms with Crippen LogP contribution in [0.1, 0.15) is 227 Å². The van der Waals surface area contributed by atoms with Gasteiger partial charge in [-0.1, -0.05) is 163 Å². The molecule has 0 fully saturated rings. The molecule has 318 valence electrons.